The van der Waals surface area contributed by atoms with Crippen molar-refractivity contribution in [3.8, 4) is 0 Å². The SMILES string of the molecule is CC(O)C1CCCN(C(=O)C2OCCc3ccccc32)C1. The maximum absolute atomic E-state index is 12.8. The Hall–Kier alpha value is -1.39. The molecular formula is C17H23NO3. The average molecular weight is 289 g/mol. The smallest absolute Gasteiger partial charge is 0.256 e. The molecule has 1 fully saturated rings. The lowest BCUT2D eigenvalue weighted by Gasteiger charge is -2.37. The highest BCUT2D eigenvalue weighted by Gasteiger charge is 2.34. The van der Waals surface area contributed by atoms with Crippen LogP contribution in [-0.2, 0) is 16.0 Å². The lowest BCUT2D eigenvalue weighted by Crippen LogP contribution is -2.46. The predicted octanol–water partition coefficient (Wildman–Crippen LogP) is 1.92. The molecule has 1 aromatic rings. The van der Waals surface area contributed by atoms with Crippen LogP contribution in [0.15, 0.2) is 24.3 Å². The van der Waals surface area contributed by atoms with Crippen molar-refractivity contribution in [3.63, 3.8) is 0 Å². The molecule has 4 nitrogen and oxygen atoms in total. The molecule has 21 heavy (non-hydrogen) atoms. The van der Waals surface area contributed by atoms with Gasteiger partial charge in [-0.05, 0) is 37.3 Å². The van der Waals surface area contributed by atoms with Crippen LogP contribution in [-0.4, -0.2) is 41.7 Å². The third-order valence-corrected chi connectivity index (χ3v) is 4.67. The zero-order valence-electron chi connectivity index (χ0n) is 12.5. The maximum Gasteiger partial charge on any atom is 0.256 e. The number of hydrogen-bond donors (Lipinski definition) is 1. The Labute approximate surface area is 125 Å². The summed E-state index contributed by atoms with van der Waals surface area (Å²) in [6.07, 6.45) is 1.98. The highest BCUT2D eigenvalue weighted by atomic mass is 16.5. The van der Waals surface area contributed by atoms with Crippen LogP contribution >= 0.6 is 0 Å². The number of piperidine rings is 1. The first-order chi connectivity index (χ1) is 10.2. The van der Waals surface area contributed by atoms with Crippen molar-refractivity contribution in [2.75, 3.05) is 19.7 Å². The Kier molecular flexibility index (Phi) is 4.27. The van der Waals surface area contributed by atoms with E-state index in [-0.39, 0.29) is 17.9 Å². The second-order valence-electron chi connectivity index (χ2n) is 6.13. The fraction of sp³-hybridized carbons (Fsp3) is 0.588. The van der Waals surface area contributed by atoms with Crippen LogP contribution in [0.25, 0.3) is 0 Å². The van der Waals surface area contributed by atoms with E-state index in [2.05, 4.69) is 6.07 Å². The van der Waals surface area contributed by atoms with Gasteiger partial charge in [0.15, 0.2) is 6.10 Å². The summed E-state index contributed by atoms with van der Waals surface area (Å²) in [5, 5.41) is 9.78. The normalized spacial score (nSPS) is 27.0. The van der Waals surface area contributed by atoms with Gasteiger partial charge in [-0.25, -0.2) is 0 Å². The van der Waals surface area contributed by atoms with Crippen LogP contribution < -0.4 is 0 Å². The summed E-state index contributed by atoms with van der Waals surface area (Å²) >= 11 is 0. The first-order valence-corrected chi connectivity index (χ1v) is 7.83. The topological polar surface area (TPSA) is 49.8 Å². The average Bonchev–Trinajstić information content (AvgIpc) is 2.53. The molecule has 1 aromatic carbocycles. The molecular weight excluding hydrogens is 266 g/mol. The molecule has 2 heterocycles. The minimum absolute atomic E-state index is 0.0486. The van der Waals surface area contributed by atoms with Gasteiger partial charge in [0.05, 0.1) is 12.7 Å². The minimum atomic E-state index is -0.470. The molecule has 4 heteroatoms. The number of hydrogen-bond acceptors (Lipinski definition) is 3. The van der Waals surface area contributed by atoms with Gasteiger partial charge < -0.3 is 14.7 Å². The van der Waals surface area contributed by atoms with Crippen molar-refractivity contribution >= 4 is 5.91 Å². The van der Waals surface area contributed by atoms with E-state index < -0.39 is 6.10 Å². The fourth-order valence-corrected chi connectivity index (χ4v) is 3.37. The van der Waals surface area contributed by atoms with Crippen molar-refractivity contribution in [1.82, 2.24) is 4.90 Å². The molecule has 2 aliphatic heterocycles. The first kappa shape index (κ1) is 14.5. The van der Waals surface area contributed by atoms with E-state index in [9.17, 15) is 9.90 Å². The number of aliphatic hydroxyl groups is 1. The summed E-state index contributed by atoms with van der Waals surface area (Å²) in [6, 6.07) is 8.04. The molecule has 1 saturated heterocycles. The lowest BCUT2D eigenvalue weighted by molar-refractivity contribution is -0.147. The second kappa shape index (κ2) is 6.16. The van der Waals surface area contributed by atoms with E-state index in [1.807, 2.05) is 30.0 Å². The van der Waals surface area contributed by atoms with Gasteiger partial charge >= 0.3 is 0 Å². The number of nitrogens with zero attached hydrogens (tertiary/aromatic N) is 1. The Morgan fingerprint density at radius 2 is 2.24 bits per heavy atom. The van der Waals surface area contributed by atoms with Gasteiger partial charge in [-0.2, -0.15) is 0 Å². The molecule has 0 radical (unpaired) electrons. The number of fused-ring (bicyclic) bond motifs is 1. The number of ether oxygens (including phenoxy) is 1. The summed E-state index contributed by atoms with van der Waals surface area (Å²) in [6.45, 7) is 3.81. The van der Waals surface area contributed by atoms with Gasteiger partial charge in [-0.1, -0.05) is 24.3 Å². The highest BCUT2D eigenvalue weighted by molar-refractivity contribution is 5.83. The third-order valence-electron chi connectivity index (χ3n) is 4.67. The van der Waals surface area contributed by atoms with Crippen molar-refractivity contribution in [2.24, 2.45) is 5.92 Å². The van der Waals surface area contributed by atoms with Crippen molar-refractivity contribution in [1.29, 1.82) is 0 Å². The van der Waals surface area contributed by atoms with Gasteiger partial charge in [0.1, 0.15) is 0 Å². The number of carbonyl (C=O) groups excluding carboxylic acids is 1. The van der Waals surface area contributed by atoms with Crippen LogP contribution in [0.3, 0.4) is 0 Å². The van der Waals surface area contributed by atoms with E-state index in [0.717, 1.165) is 31.4 Å². The molecule has 0 saturated carbocycles. The molecule has 0 bridgehead atoms. The number of rotatable bonds is 2. The van der Waals surface area contributed by atoms with Crippen LogP contribution in [0.1, 0.15) is 37.0 Å². The van der Waals surface area contributed by atoms with Gasteiger partial charge in [-0.3, -0.25) is 4.79 Å². The van der Waals surface area contributed by atoms with Crippen LogP contribution in [0.4, 0.5) is 0 Å². The van der Waals surface area contributed by atoms with Gasteiger partial charge in [0.25, 0.3) is 5.91 Å². The third kappa shape index (κ3) is 2.97. The molecule has 3 unspecified atom stereocenters. The van der Waals surface area contributed by atoms with Gasteiger partial charge in [-0.15, -0.1) is 0 Å². The van der Waals surface area contributed by atoms with Gasteiger partial charge in [0, 0.05) is 19.0 Å². The molecule has 0 aromatic heterocycles. The Morgan fingerprint density at radius 3 is 3.05 bits per heavy atom. The molecule has 0 spiro atoms. The molecule has 2 aliphatic rings. The zero-order chi connectivity index (χ0) is 14.8. The minimum Gasteiger partial charge on any atom is -0.393 e. The summed E-state index contributed by atoms with van der Waals surface area (Å²) in [4.78, 5) is 14.7. The van der Waals surface area contributed by atoms with Crippen molar-refractivity contribution < 1.29 is 14.6 Å². The zero-order valence-corrected chi connectivity index (χ0v) is 12.5. The van der Waals surface area contributed by atoms with Crippen LogP contribution in [0.5, 0.6) is 0 Å². The van der Waals surface area contributed by atoms with E-state index >= 15 is 0 Å². The molecule has 0 aliphatic carbocycles. The van der Waals surface area contributed by atoms with E-state index in [1.165, 1.54) is 5.56 Å². The monoisotopic (exact) mass is 289 g/mol. The quantitative estimate of drug-likeness (QED) is 0.905. The number of amides is 1. The summed E-state index contributed by atoms with van der Waals surface area (Å²) in [7, 11) is 0. The van der Waals surface area contributed by atoms with Gasteiger partial charge in [0.2, 0.25) is 0 Å². The lowest BCUT2D eigenvalue weighted by atomic mass is 9.92. The predicted molar refractivity (Wildman–Crippen MR) is 79.8 cm³/mol. The number of carbonyl (C=O) groups is 1. The summed E-state index contributed by atoms with van der Waals surface area (Å²) in [5.41, 5.74) is 2.22. The Bertz CT molecular complexity index is 515. The number of aliphatic hydroxyl groups excluding tert-OH is 1. The molecule has 3 rings (SSSR count). The second-order valence-corrected chi connectivity index (χ2v) is 6.13. The maximum atomic E-state index is 12.8. The largest absolute Gasteiger partial charge is 0.393 e. The molecule has 114 valence electrons. The molecule has 1 amide bonds. The van der Waals surface area contributed by atoms with Crippen LogP contribution in [0.2, 0.25) is 0 Å². The van der Waals surface area contributed by atoms with E-state index in [0.29, 0.717) is 13.2 Å². The molecule has 3 atom stereocenters. The van der Waals surface area contributed by atoms with Crippen molar-refractivity contribution in [3.05, 3.63) is 35.4 Å². The van der Waals surface area contributed by atoms with Crippen LogP contribution in [0, 0.1) is 5.92 Å². The first-order valence-electron chi connectivity index (χ1n) is 7.83. The number of benzene rings is 1. The van der Waals surface area contributed by atoms with Crippen molar-refractivity contribution in [2.45, 2.75) is 38.4 Å². The standard InChI is InChI=1S/C17H23NO3/c1-12(19)14-6-4-9-18(11-14)17(20)16-15-7-3-2-5-13(15)8-10-21-16/h2-3,5,7,12,14,16,19H,4,6,8-11H2,1H3. The fourth-order valence-electron chi connectivity index (χ4n) is 3.37. The highest BCUT2D eigenvalue weighted by Crippen LogP contribution is 2.30. The summed E-state index contributed by atoms with van der Waals surface area (Å²) in [5.74, 6) is 0.231. The molecule has 1 N–H and O–H groups in total. The number of likely N-dealkylation sites (tertiary alicyclic amines) is 1. The Balaban J connectivity index is 1.77. The Morgan fingerprint density at radius 1 is 1.43 bits per heavy atom. The summed E-state index contributed by atoms with van der Waals surface area (Å²) < 4.78 is 5.76. The van der Waals surface area contributed by atoms with E-state index in [4.69, 9.17) is 4.74 Å². The van der Waals surface area contributed by atoms with E-state index in [1.54, 1.807) is 0 Å².